The number of halogens is 1. The standard InChI is InChI=1S/C11H11FN2/c1-7-2-3-8-9(6-13)10(12)4-5-11(8)14-7/h4-5,7,14H,2-3H2,1H3. The highest BCUT2D eigenvalue weighted by atomic mass is 19.1. The summed E-state index contributed by atoms with van der Waals surface area (Å²) in [7, 11) is 0. The zero-order valence-corrected chi connectivity index (χ0v) is 7.97. The first kappa shape index (κ1) is 9.01. The molecular formula is C11H11FN2. The van der Waals surface area contributed by atoms with Crippen molar-refractivity contribution in [3.8, 4) is 6.07 Å². The zero-order valence-electron chi connectivity index (χ0n) is 7.97. The lowest BCUT2D eigenvalue weighted by atomic mass is 9.95. The predicted molar refractivity (Wildman–Crippen MR) is 52.5 cm³/mol. The average molecular weight is 190 g/mol. The Morgan fingerprint density at radius 1 is 1.57 bits per heavy atom. The van der Waals surface area contributed by atoms with E-state index in [9.17, 15) is 4.39 Å². The molecule has 0 aromatic heterocycles. The van der Waals surface area contributed by atoms with Gasteiger partial charge in [-0.1, -0.05) is 0 Å². The normalized spacial score (nSPS) is 19.4. The monoisotopic (exact) mass is 190 g/mol. The molecule has 0 aliphatic carbocycles. The van der Waals surface area contributed by atoms with Crippen molar-refractivity contribution < 1.29 is 4.39 Å². The van der Waals surface area contributed by atoms with Gasteiger partial charge >= 0.3 is 0 Å². The summed E-state index contributed by atoms with van der Waals surface area (Å²) in [4.78, 5) is 0. The molecule has 0 saturated heterocycles. The average Bonchev–Trinajstić information content (AvgIpc) is 2.18. The van der Waals surface area contributed by atoms with Crippen molar-refractivity contribution in [2.75, 3.05) is 5.32 Å². The Labute approximate surface area is 82.4 Å². The molecule has 0 fully saturated rings. The molecule has 2 nitrogen and oxygen atoms in total. The van der Waals surface area contributed by atoms with Gasteiger partial charge in [-0.05, 0) is 37.5 Å². The van der Waals surface area contributed by atoms with Crippen LogP contribution in [0.25, 0.3) is 0 Å². The maximum absolute atomic E-state index is 13.2. The van der Waals surface area contributed by atoms with Gasteiger partial charge in [0.05, 0.1) is 5.56 Å². The molecule has 1 heterocycles. The summed E-state index contributed by atoms with van der Waals surface area (Å²) in [6, 6.07) is 5.38. The van der Waals surface area contributed by atoms with Crippen LogP contribution in [0.5, 0.6) is 0 Å². The van der Waals surface area contributed by atoms with E-state index in [1.165, 1.54) is 6.07 Å². The minimum Gasteiger partial charge on any atom is -0.382 e. The minimum atomic E-state index is -0.414. The number of nitrogens with zero attached hydrogens (tertiary/aromatic N) is 1. The Balaban J connectivity index is 2.54. The molecule has 1 atom stereocenters. The van der Waals surface area contributed by atoms with Crippen molar-refractivity contribution >= 4 is 5.69 Å². The van der Waals surface area contributed by atoms with E-state index in [4.69, 9.17) is 5.26 Å². The van der Waals surface area contributed by atoms with Crippen molar-refractivity contribution in [2.24, 2.45) is 0 Å². The molecule has 1 aromatic rings. The van der Waals surface area contributed by atoms with Gasteiger partial charge in [0.1, 0.15) is 11.9 Å². The summed E-state index contributed by atoms with van der Waals surface area (Å²) < 4.78 is 13.2. The van der Waals surface area contributed by atoms with Crippen LogP contribution in [-0.4, -0.2) is 6.04 Å². The predicted octanol–water partition coefficient (Wildman–Crippen LogP) is 2.44. The molecule has 2 rings (SSSR count). The van der Waals surface area contributed by atoms with Crippen LogP contribution in [0.15, 0.2) is 12.1 Å². The van der Waals surface area contributed by atoms with Gasteiger partial charge < -0.3 is 5.32 Å². The van der Waals surface area contributed by atoms with Crippen LogP contribution in [0.4, 0.5) is 10.1 Å². The van der Waals surface area contributed by atoms with Crippen molar-refractivity contribution in [3.63, 3.8) is 0 Å². The Kier molecular flexibility index (Phi) is 2.12. The highest BCUT2D eigenvalue weighted by molar-refractivity contribution is 5.60. The van der Waals surface area contributed by atoms with E-state index >= 15 is 0 Å². The zero-order chi connectivity index (χ0) is 10.1. The van der Waals surface area contributed by atoms with Crippen LogP contribution >= 0.6 is 0 Å². The lowest BCUT2D eigenvalue weighted by Gasteiger charge is -2.24. The first-order valence-electron chi connectivity index (χ1n) is 4.70. The van der Waals surface area contributed by atoms with E-state index in [1.54, 1.807) is 6.07 Å². The van der Waals surface area contributed by atoms with Crippen molar-refractivity contribution in [3.05, 3.63) is 29.1 Å². The van der Waals surface area contributed by atoms with Crippen LogP contribution in [-0.2, 0) is 6.42 Å². The first-order valence-corrected chi connectivity index (χ1v) is 4.70. The summed E-state index contributed by atoms with van der Waals surface area (Å²) in [5.74, 6) is -0.414. The second kappa shape index (κ2) is 3.30. The quantitative estimate of drug-likeness (QED) is 0.682. The number of anilines is 1. The first-order chi connectivity index (χ1) is 6.72. The third kappa shape index (κ3) is 1.33. The molecule has 0 bridgehead atoms. The van der Waals surface area contributed by atoms with Crippen molar-refractivity contribution in [2.45, 2.75) is 25.8 Å². The fraction of sp³-hybridized carbons (Fsp3) is 0.364. The van der Waals surface area contributed by atoms with Gasteiger partial charge in [-0.2, -0.15) is 5.26 Å². The number of nitrogens with one attached hydrogen (secondary N) is 1. The van der Waals surface area contributed by atoms with Crippen LogP contribution in [0.2, 0.25) is 0 Å². The topological polar surface area (TPSA) is 35.8 Å². The van der Waals surface area contributed by atoms with Crippen LogP contribution < -0.4 is 5.32 Å². The van der Waals surface area contributed by atoms with Crippen molar-refractivity contribution in [1.29, 1.82) is 5.26 Å². The van der Waals surface area contributed by atoms with Gasteiger partial charge in [0, 0.05) is 11.7 Å². The summed E-state index contributed by atoms with van der Waals surface area (Å²) in [6.45, 7) is 2.08. The third-order valence-corrected chi connectivity index (χ3v) is 2.60. The van der Waals surface area contributed by atoms with E-state index in [-0.39, 0.29) is 5.56 Å². The highest BCUT2D eigenvalue weighted by Gasteiger charge is 2.19. The number of hydrogen-bond acceptors (Lipinski definition) is 2. The molecule has 0 radical (unpaired) electrons. The van der Waals surface area contributed by atoms with Gasteiger partial charge in [-0.25, -0.2) is 4.39 Å². The minimum absolute atomic E-state index is 0.196. The molecule has 3 heteroatoms. The Morgan fingerprint density at radius 2 is 2.36 bits per heavy atom. The van der Waals surface area contributed by atoms with E-state index in [2.05, 4.69) is 12.2 Å². The summed E-state index contributed by atoms with van der Waals surface area (Å²) in [5.41, 5.74) is 1.93. The summed E-state index contributed by atoms with van der Waals surface area (Å²) >= 11 is 0. The molecule has 1 aromatic carbocycles. The molecule has 1 aliphatic rings. The largest absolute Gasteiger partial charge is 0.382 e. The van der Waals surface area contributed by atoms with Gasteiger partial charge in [0.15, 0.2) is 0 Å². The second-order valence-corrected chi connectivity index (χ2v) is 3.64. The molecular weight excluding hydrogens is 179 g/mol. The maximum Gasteiger partial charge on any atom is 0.141 e. The van der Waals surface area contributed by atoms with E-state index in [0.717, 1.165) is 24.1 Å². The van der Waals surface area contributed by atoms with E-state index in [1.807, 2.05) is 6.07 Å². The fourth-order valence-electron chi connectivity index (χ4n) is 1.83. The molecule has 72 valence electrons. The van der Waals surface area contributed by atoms with Crippen LogP contribution in [0.3, 0.4) is 0 Å². The molecule has 14 heavy (non-hydrogen) atoms. The van der Waals surface area contributed by atoms with Gasteiger partial charge in [0.25, 0.3) is 0 Å². The smallest absolute Gasteiger partial charge is 0.141 e. The summed E-state index contributed by atoms with van der Waals surface area (Å²) in [5, 5.41) is 12.1. The van der Waals surface area contributed by atoms with Crippen LogP contribution in [0.1, 0.15) is 24.5 Å². The Hall–Kier alpha value is -1.56. The number of benzene rings is 1. The van der Waals surface area contributed by atoms with Gasteiger partial charge in [-0.15, -0.1) is 0 Å². The van der Waals surface area contributed by atoms with Crippen LogP contribution in [0, 0.1) is 17.1 Å². The van der Waals surface area contributed by atoms with Gasteiger partial charge in [0.2, 0.25) is 0 Å². The lowest BCUT2D eigenvalue weighted by molar-refractivity contribution is 0.613. The second-order valence-electron chi connectivity index (χ2n) is 3.64. The van der Waals surface area contributed by atoms with E-state index in [0.29, 0.717) is 6.04 Å². The SMILES string of the molecule is CC1CCc2c(ccc(F)c2C#N)N1. The summed E-state index contributed by atoms with van der Waals surface area (Å²) in [6.07, 6.45) is 1.73. The van der Waals surface area contributed by atoms with Gasteiger partial charge in [-0.3, -0.25) is 0 Å². The molecule has 1 N–H and O–H groups in total. The van der Waals surface area contributed by atoms with Crippen molar-refractivity contribution in [1.82, 2.24) is 0 Å². The number of nitriles is 1. The lowest BCUT2D eigenvalue weighted by Crippen LogP contribution is -2.22. The Bertz CT molecular complexity index is 406. The third-order valence-electron chi connectivity index (χ3n) is 2.60. The molecule has 0 spiro atoms. The fourth-order valence-corrected chi connectivity index (χ4v) is 1.83. The molecule has 1 aliphatic heterocycles. The van der Waals surface area contributed by atoms with E-state index < -0.39 is 5.82 Å². The number of hydrogen-bond donors (Lipinski definition) is 1. The highest BCUT2D eigenvalue weighted by Crippen LogP contribution is 2.28. The number of rotatable bonds is 0. The maximum atomic E-state index is 13.2. The molecule has 0 saturated carbocycles. The molecule has 0 amide bonds. The Morgan fingerprint density at radius 3 is 3.07 bits per heavy atom. The molecule has 1 unspecified atom stereocenters. The number of fused-ring (bicyclic) bond motifs is 1.